The van der Waals surface area contributed by atoms with Crippen LogP contribution in [0.15, 0.2) is 28.7 Å². The molecule has 1 nitrogen and oxygen atoms in total. The van der Waals surface area contributed by atoms with Crippen LogP contribution >= 0.6 is 15.9 Å². The Balaban J connectivity index is 2.81. The smallest absolute Gasteiger partial charge is 0.0207 e. The van der Waals surface area contributed by atoms with Crippen LogP contribution < -0.4 is 5.32 Å². The molecule has 1 rings (SSSR count). The van der Waals surface area contributed by atoms with E-state index in [1.54, 1.807) is 0 Å². The summed E-state index contributed by atoms with van der Waals surface area (Å²) in [6, 6.07) is 8.69. The molecule has 1 unspecified atom stereocenters. The van der Waals surface area contributed by atoms with Gasteiger partial charge in [0.05, 0.1) is 0 Å². The Hall–Kier alpha value is -0.340. The summed E-state index contributed by atoms with van der Waals surface area (Å²) in [5, 5.41) is 3.71. The van der Waals surface area contributed by atoms with Crippen LogP contribution in [0.2, 0.25) is 0 Å². The molecule has 2 heteroatoms. The average Bonchev–Trinajstić information content (AvgIpc) is 2.46. The lowest BCUT2D eigenvalue weighted by Gasteiger charge is -2.34. The molecule has 0 bridgehead atoms. The van der Waals surface area contributed by atoms with Crippen molar-refractivity contribution in [3.8, 4) is 0 Å². The highest BCUT2D eigenvalue weighted by Crippen LogP contribution is 2.34. The zero-order valence-electron chi connectivity index (χ0n) is 14.2. The molecule has 0 radical (unpaired) electrons. The van der Waals surface area contributed by atoms with E-state index >= 15 is 0 Å². The van der Waals surface area contributed by atoms with Gasteiger partial charge in [0.15, 0.2) is 0 Å². The van der Waals surface area contributed by atoms with Crippen molar-refractivity contribution >= 4 is 15.9 Å². The fourth-order valence-electron chi connectivity index (χ4n) is 2.89. The fraction of sp³-hybridized carbons (Fsp3) is 0.684. The van der Waals surface area contributed by atoms with E-state index in [-0.39, 0.29) is 0 Å². The molecule has 0 amide bonds. The van der Waals surface area contributed by atoms with E-state index in [9.17, 15) is 0 Å². The first-order valence-corrected chi connectivity index (χ1v) is 9.26. The second kappa shape index (κ2) is 9.63. The molecule has 0 aromatic heterocycles. The molecule has 1 aromatic rings. The van der Waals surface area contributed by atoms with Crippen LogP contribution in [0.25, 0.3) is 0 Å². The van der Waals surface area contributed by atoms with Gasteiger partial charge in [0.2, 0.25) is 0 Å². The Morgan fingerprint density at radius 2 is 1.90 bits per heavy atom. The second-order valence-corrected chi connectivity index (χ2v) is 7.60. The molecular formula is C19H32BrN. The Morgan fingerprint density at radius 1 is 1.19 bits per heavy atom. The standard InChI is InChI=1S/C19H32BrN/c1-5-7-12-19(6-2,15-21-14-16(3)4)13-17-10-8-9-11-18(17)20/h8-11,16,21H,5-7,12-15H2,1-4H3. The van der Waals surface area contributed by atoms with Crippen molar-refractivity contribution < 1.29 is 0 Å². The Labute approximate surface area is 140 Å². The van der Waals surface area contributed by atoms with Crippen molar-refractivity contribution in [1.82, 2.24) is 5.32 Å². The van der Waals surface area contributed by atoms with Gasteiger partial charge in [-0.05, 0) is 48.8 Å². The van der Waals surface area contributed by atoms with E-state index in [1.165, 1.54) is 35.7 Å². The van der Waals surface area contributed by atoms with Crippen molar-refractivity contribution in [3.05, 3.63) is 34.3 Å². The lowest BCUT2D eigenvalue weighted by molar-refractivity contribution is 0.226. The maximum atomic E-state index is 3.72. The Morgan fingerprint density at radius 3 is 2.48 bits per heavy atom. The molecule has 0 saturated carbocycles. The highest BCUT2D eigenvalue weighted by atomic mass is 79.9. The van der Waals surface area contributed by atoms with Crippen molar-refractivity contribution in [2.24, 2.45) is 11.3 Å². The summed E-state index contributed by atoms with van der Waals surface area (Å²) < 4.78 is 1.25. The van der Waals surface area contributed by atoms with E-state index in [0.717, 1.165) is 19.5 Å². The molecule has 0 aliphatic carbocycles. The minimum atomic E-state index is 0.384. The molecule has 0 saturated heterocycles. The van der Waals surface area contributed by atoms with Crippen LogP contribution in [0.1, 0.15) is 58.9 Å². The third-order valence-electron chi connectivity index (χ3n) is 4.39. The van der Waals surface area contributed by atoms with E-state index in [4.69, 9.17) is 0 Å². The van der Waals surface area contributed by atoms with Gasteiger partial charge >= 0.3 is 0 Å². The first-order chi connectivity index (χ1) is 10.0. The van der Waals surface area contributed by atoms with E-state index in [1.807, 2.05) is 0 Å². The number of halogens is 1. The summed E-state index contributed by atoms with van der Waals surface area (Å²) in [7, 11) is 0. The summed E-state index contributed by atoms with van der Waals surface area (Å²) in [6.45, 7) is 11.4. The predicted molar refractivity (Wildman–Crippen MR) is 97.8 cm³/mol. The number of hydrogen-bond donors (Lipinski definition) is 1. The number of benzene rings is 1. The lowest BCUT2D eigenvalue weighted by atomic mass is 9.75. The number of rotatable bonds is 10. The third kappa shape index (κ3) is 6.52. The minimum Gasteiger partial charge on any atom is -0.316 e. The normalized spacial score (nSPS) is 14.4. The van der Waals surface area contributed by atoms with Crippen LogP contribution in [0.4, 0.5) is 0 Å². The Kier molecular flexibility index (Phi) is 8.58. The van der Waals surface area contributed by atoms with Crippen LogP contribution in [-0.4, -0.2) is 13.1 Å². The van der Waals surface area contributed by atoms with Gasteiger partial charge in [-0.3, -0.25) is 0 Å². The molecule has 1 aromatic carbocycles. The van der Waals surface area contributed by atoms with Gasteiger partial charge in [0.25, 0.3) is 0 Å². The molecule has 1 N–H and O–H groups in total. The van der Waals surface area contributed by atoms with Crippen LogP contribution in [0, 0.1) is 11.3 Å². The highest BCUT2D eigenvalue weighted by molar-refractivity contribution is 9.10. The van der Waals surface area contributed by atoms with Gasteiger partial charge in [-0.15, -0.1) is 0 Å². The molecular weight excluding hydrogens is 322 g/mol. The van der Waals surface area contributed by atoms with Gasteiger partial charge in [-0.1, -0.05) is 74.7 Å². The van der Waals surface area contributed by atoms with Crippen molar-refractivity contribution in [3.63, 3.8) is 0 Å². The SMILES string of the molecule is CCCCC(CC)(CNCC(C)C)Cc1ccccc1Br. The highest BCUT2D eigenvalue weighted by Gasteiger charge is 2.28. The van der Waals surface area contributed by atoms with Gasteiger partial charge in [-0.25, -0.2) is 0 Å². The monoisotopic (exact) mass is 353 g/mol. The van der Waals surface area contributed by atoms with Gasteiger partial charge < -0.3 is 5.32 Å². The summed E-state index contributed by atoms with van der Waals surface area (Å²) in [6.07, 6.45) is 6.31. The molecule has 0 heterocycles. The summed E-state index contributed by atoms with van der Waals surface area (Å²) >= 11 is 3.72. The zero-order valence-corrected chi connectivity index (χ0v) is 15.8. The van der Waals surface area contributed by atoms with Gasteiger partial charge in [0.1, 0.15) is 0 Å². The molecule has 0 aliphatic heterocycles. The first kappa shape index (κ1) is 18.7. The third-order valence-corrected chi connectivity index (χ3v) is 5.16. The molecule has 0 spiro atoms. The average molecular weight is 354 g/mol. The topological polar surface area (TPSA) is 12.0 Å². The van der Waals surface area contributed by atoms with Gasteiger partial charge in [-0.2, -0.15) is 0 Å². The summed E-state index contributed by atoms with van der Waals surface area (Å²) in [4.78, 5) is 0. The zero-order chi connectivity index (χ0) is 15.7. The summed E-state index contributed by atoms with van der Waals surface area (Å²) in [5.41, 5.74) is 1.83. The number of nitrogens with one attached hydrogen (secondary N) is 1. The fourth-order valence-corrected chi connectivity index (χ4v) is 3.31. The van der Waals surface area contributed by atoms with E-state index in [0.29, 0.717) is 11.3 Å². The van der Waals surface area contributed by atoms with Crippen molar-refractivity contribution in [1.29, 1.82) is 0 Å². The maximum Gasteiger partial charge on any atom is 0.0207 e. The van der Waals surface area contributed by atoms with Crippen LogP contribution in [-0.2, 0) is 6.42 Å². The molecule has 1 atom stereocenters. The number of hydrogen-bond acceptors (Lipinski definition) is 1. The quantitative estimate of drug-likeness (QED) is 0.558. The summed E-state index contributed by atoms with van der Waals surface area (Å²) in [5.74, 6) is 0.717. The molecule has 0 fully saturated rings. The molecule has 0 aliphatic rings. The Bertz CT molecular complexity index is 402. The molecule has 21 heavy (non-hydrogen) atoms. The number of unbranched alkanes of at least 4 members (excludes halogenated alkanes) is 1. The van der Waals surface area contributed by atoms with Crippen molar-refractivity contribution in [2.75, 3.05) is 13.1 Å². The first-order valence-electron chi connectivity index (χ1n) is 8.47. The molecule has 120 valence electrons. The van der Waals surface area contributed by atoms with Crippen molar-refractivity contribution in [2.45, 2.75) is 59.8 Å². The lowest BCUT2D eigenvalue weighted by Crippen LogP contribution is -2.37. The maximum absolute atomic E-state index is 3.72. The van der Waals surface area contributed by atoms with Crippen LogP contribution in [0.3, 0.4) is 0 Å². The van der Waals surface area contributed by atoms with E-state index in [2.05, 4.69) is 73.2 Å². The van der Waals surface area contributed by atoms with Gasteiger partial charge in [0, 0.05) is 11.0 Å². The van der Waals surface area contributed by atoms with E-state index < -0.39 is 0 Å². The second-order valence-electron chi connectivity index (χ2n) is 6.75. The van der Waals surface area contributed by atoms with Crippen LogP contribution in [0.5, 0.6) is 0 Å². The largest absolute Gasteiger partial charge is 0.316 e. The minimum absolute atomic E-state index is 0.384. The predicted octanol–water partition coefficient (Wildman–Crippen LogP) is 5.82.